The van der Waals surface area contributed by atoms with E-state index in [2.05, 4.69) is 25.5 Å². The number of hydrogen-bond acceptors (Lipinski definition) is 2. The summed E-state index contributed by atoms with van der Waals surface area (Å²) in [7, 11) is 3.66. The van der Waals surface area contributed by atoms with Crippen molar-refractivity contribution in [2.24, 2.45) is 7.05 Å². The van der Waals surface area contributed by atoms with Gasteiger partial charge in [0.15, 0.2) is 0 Å². The van der Waals surface area contributed by atoms with Crippen LogP contribution in [0.1, 0.15) is 31.0 Å². The molecule has 4 nitrogen and oxygen atoms in total. The van der Waals surface area contributed by atoms with Gasteiger partial charge in [-0.3, -0.25) is 9.48 Å². The molecule has 16 heavy (non-hydrogen) atoms. The summed E-state index contributed by atoms with van der Waals surface area (Å²) in [6.45, 7) is 8.25. The van der Waals surface area contributed by atoms with Crippen molar-refractivity contribution in [1.82, 2.24) is 14.7 Å². The van der Waals surface area contributed by atoms with E-state index in [0.29, 0.717) is 12.5 Å². The summed E-state index contributed by atoms with van der Waals surface area (Å²) in [5.74, 6) is 0.294. The average Bonchev–Trinajstić information content (AvgIpc) is 2.58. The van der Waals surface area contributed by atoms with Gasteiger partial charge in [0.1, 0.15) is 0 Å². The van der Waals surface area contributed by atoms with E-state index in [1.54, 1.807) is 16.6 Å². The Morgan fingerprint density at radius 1 is 1.69 bits per heavy atom. The molecule has 0 aromatic carbocycles. The lowest BCUT2D eigenvalue weighted by atomic mass is 10.1. The zero-order valence-electron chi connectivity index (χ0n) is 10.4. The molecule has 1 amide bonds. The van der Waals surface area contributed by atoms with Gasteiger partial charge in [-0.2, -0.15) is 5.10 Å². The van der Waals surface area contributed by atoms with Gasteiger partial charge in [0.25, 0.3) is 0 Å². The Kier molecular flexibility index (Phi) is 3.88. The Balaban J connectivity index is 2.88. The fourth-order valence-electron chi connectivity index (χ4n) is 1.65. The predicted octanol–water partition coefficient (Wildman–Crippen LogP) is 1.69. The van der Waals surface area contributed by atoms with Gasteiger partial charge in [0.05, 0.1) is 5.69 Å². The van der Waals surface area contributed by atoms with Gasteiger partial charge in [0, 0.05) is 32.4 Å². The van der Waals surface area contributed by atoms with Crippen molar-refractivity contribution < 1.29 is 4.79 Å². The first-order chi connectivity index (χ1) is 7.45. The summed E-state index contributed by atoms with van der Waals surface area (Å²) < 4.78 is 1.79. The molecule has 0 aliphatic carbocycles. The van der Waals surface area contributed by atoms with Crippen LogP contribution in [-0.4, -0.2) is 27.6 Å². The maximum Gasteiger partial charge on any atom is 0.245 e. The molecule has 1 aromatic heterocycles. The molecule has 0 N–H and O–H groups in total. The molecule has 0 unspecified atom stereocenters. The first-order valence-electron chi connectivity index (χ1n) is 5.35. The Labute approximate surface area is 96.6 Å². The second-order valence-electron chi connectivity index (χ2n) is 4.27. The zero-order valence-corrected chi connectivity index (χ0v) is 10.4. The molecule has 0 bridgehead atoms. The molecule has 1 aromatic rings. The van der Waals surface area contributed by atoms with Gasteiger partial charge < -0.3 is 4.90 Å². The highest BCUT2D eigenvalue weighted by Gasteiger charge is 2.14. The molecule has 88 valence electrons. The lowest BCUT2D eigenvalue weighted by Gasteiger charge is -2.15. The van der Waals surface area contributed by atoms with Gasteiger partial charge in [0.2, 0.25) is 5.91 Å². The molecule has 0 fully saturated rings. The van der Waals surface area contributed by atoms with Crippen LogP contribution >= 0.6 is 0 Å². The number of nitrogens with zero attached hydrogens (tertiary/aromatic N) is 3. The predicted molar refractivity (Wildman–Crippen MR) is 64.0 cm³/mol. The lowest BCUT2D eigenvalue weighted by molar-refractivity contribution is -0.125. The number of amides is 1. The second-order valence-corrected chi connectivity index (χ2v) is 4.27. The van der Waals surface area contributed by atoms with Crippen LogP contribution in [0.4, 0.5) is 0 Å². The molecule has 4 heteroatoms. The number of carbonyl (C=O) groups excluding carboxylic acids is 1. The van der Waals surface area contributed by atoms with Crippen molar-refractivity contribution in [3.05, 3.63) is 30.1 Å². The standard InChI is InChI=1S/C12H19N3O/c1-6-11(16)14(4)7-10-8-15(5)13-12(10)9(2)3/h6,8-9H,1,7H2,2-5H3. The molecule has 0 aliphatic rings. The van der Waals surface area contributed by atoms with E-state index >= 15 is 0 Å². The highest BCUT2D eigenvalue weighted by molar-refractivity contribution is 5.86. The molecule has 1 rings (SSSR count). The summed E-state index contributed by atoms with van der Waals surface area (Å²) in [6, 6.07) is 0. The van der Waals surface area contributed by atoms with Crippen molar-refractivity contribution in [1.29, 1.82) is 0 Å². The third-order valence-corrected chi connectivity index (χ3v) is 2.44. The summed E-state index contributed by atoms with van der Waals surface area (Å²) in [5.41, 5.74) is 2.14. The monoisotopic (exact) mass is 221 g/mol. The van der Waals surface area contributed by atoms with Crippen molar-refractivity contribution in [2.45, 2.75) is 26.3 Å². The number of carbonyl (C=O) groups is 1. The van der Waals surface area contributed by atoms with Gasteiger partial charge in [-0.15, -0.1) is 0 Å². The van der Waals surface area contributed by atoms with Gasteiger partial charge in [-0.25, -0.2) is 0 Å². The summed E-state index contributed by atoms with van der Waals surface area (Å²) in [4.78, 5) is 13.0. The van der Waals surface area contributed by atoms with Crippen LogP contribution in [0.15, 0.2) is 18.9 Å². The summed E-state index contributed by atoms with van der Waals surface area (Å²) in [5, 5.41) is 4.40. The minimum absolute atomic E-state index is 0.0708. The number of aryl methyl sites for hydroxylation is 1. The van der Waals surface area contributed by atoms with Crippen molar-refractivity contribution in [3.63, 3.8) is 0 Å². The van der Waals surface area contributed by atoms with E-state index in [9.17, 15) is 4.79 Å². The lowest BCUT2D eigenvalue weighted by Crippen LogP contribution is -2.24. The van der Waals surface area contributed by atoms with Crippen LogP contribution in [0.2, 0.25) is 0 Å². The van der Waals surface area contributed by atoms with E-state index in [4.69, 9.17) is 0 Å². The van der Waals surface area contributed by atoms with Crippen LogP contribution in [0, 0.1) is 0 Å². The van der Waals surface area contributed by atoms with Crippen molar-refractivity contribution >= 4 is 5.91 Å². The van der Waals surface area contributed by atoms with Gasteiger partial charge in [-0.05, 0) is 12.0 Å². The van der Waals surface area contributed by atoms with Crippen LogP contribution in [0.3, 0.4) is 0 Å². The minimum atomic E-state index is -0.0708. The number of aromatic nitrogens is 2. The number of rotatable bonds is 4. The quantitative estimate of drug-likeness (QED) is 0.726. The molecule has 0 atom stereocenters. The van der Waals surface area contributed by atoms with Crippen LogP contribution in [0.25, 0.3) is 0 Å². The normalized spacial score (nSPS) is 10.6. The smallest absolute Gasteiger partial charge is 0.245 e. The highest BCUT2D eigenvalue weighted by Crippen LogP contribution is 2.18. The maximum absolute atomic E-state index is 11.4. The fourth-order valence-corrected chi connectivity index (χ4v) is 1.65. The summed E-state index contributed by atoms with van der Waals surface area (Å²) in [6.07, 6.45) is 3.29. The first-order valence-corrected chi connectivity index (χ1v) is 5.35. The van der Waals surface area contributed by atoms with Crippen molar-refractivity contribution in [3.8, 4) is 0 Å². The molecule has 0 radical (unpaired) electrons. The van der Waals surface area contributed by atoms with E-state index in [1.807, 2.05) is 13.2 Å². The Hall–Kier alpha value is -1.58. The summed E-state index contributed by atoms with van der Waals surface area (Å²) >= 11 is 0. The maximum atomic E-state index is 11.4. The van der Waals surface area contributed by atoms with E-state index in [0.717, 1.165) is 11.3 Å². The second kappa shape index (κ2) is 4.96. The minimum Gasteiger partial charge on any atom is -0.338 e. The van der Waals surface area contributed by atoms with E-state index in [1.165, 1.54) is 6.08 Å². The van der Waals surface area contributed by atoms with Crippen molar-refractivity contribution in [2.75, 3.05) is 7.05 Å². The molecule has 1 heterocycles. The Morgan fingerprint density at radius 3 is 2.81 bits per heavy atom. The molecule has 0 saturated heterocycles. The Morgan fingerprint density at radius 2 is 2.31 bits per heavy atom. The average molecular weight is 221 g/mol. The third kappa shape index (κ3) is 2.72. The molecule has 0 aliphatic heterocycles. The highest BCUT2D eigenvalue weighted by atomic mass is 16.2. The van der Waals surface area contributed by atoms with Crippen LogP contribution < -0.4 is 0 Å². The third-order valence-electron chi connectivity index (χ3n) is 2.44. The van der Waals surface area contributed by atoms with Crippen LogP contribution in [-0.2, 0) is 18.4 Å². The van der Waals surface area contributed by atoms with Gasteiger partial charge in [-0.1, -0.05) is 20.4 Å². The molecular weight excluding hydrogens is 202 g/mol. The molecular formula is C12H19N3O. The molecule has 0 saturated carbocycles. The Bertz CT molecular complexity index is 393. The number of likely N-dealkylation sites (N-methyl/N-ethyl adjacent to an activating group) is 1. The number of hydrogen-bond donors (Lipinski definition) is 0. The topological polar surface area (TPSA) is 38.1 Å². The van der Waals surface area contributed by atoms with E-state index < -0.39 is 0 Å². The van der Waals surface area contributed by atoms with Crippen LogP contribution in [0.5, 0.6) is 0 Å². The molecule has 0 spiro atoms. The SMILES string of the molecule is C=CC(=O)N(C)Cc1cn(C)nc1C(C)C. The zero-order chi connectivity index (χ0) is 12.3. The largest absolute Gasteiger partial charge is 0.338 e. The van der Waals surface area contributed by atoms with E-state index in [-0.39, 0.29) is 5.91 Å². The first kappa shape index (κ1) is 12.5. The fraction of sp³-hybridized carbons (Fsp3) is 0.500. The van der Waals surface area contributed by atoms with Gasteiger partial charge >= 0.3 is 0 Å².